The fraction of sp³-hybridized carbons (Fsp3) is 0.417. The summed E-state index contributed by atoms with van der Waals surface area (Å²) in [5.41, 5.74) is 0.153. The molecular weight excluding hydrogens is 251 g/mol. The van der Waals surface area contributed by atoms with Crippen molar-refractivity contribution in [2.45, 2.75) is 32.4 Å². The fourth-order valence-corrected chi connectivity index (χ4v) is 2.17. The minimum atomic E-state index is -4.44. The molecule has 0 aromatic heterocycles. The highest BCUT2D eigenvalue weighted by Crippen LogP contribution is 2.36. The Balaban J connectivity index is 3.42. The van der Waals surface area contributed by atoms with Crippen molar-refractivity contribution in [1.82, 2.24) is 0 Å². The fourth-order valence-electron chi connectivity index (χ4n) is 1.72. The molecule has 1 aromatic rings. The molecule has 1 nitrogen and oxygen atoms in total. The summed E-state index contributed by atoms with van der Waals surface area (Å²) in [5, 5.41) is 8.71. The summed E-state index contributed by atoms with van der Waals surface area (Å²) in [6.07, 6.45) is -4.51. The lowest BCUT2D eigenvalue weighted by Gasteiger charge is -2.16. The van der Waals surface area contributed by atoms with Gasteiger partial charge in [-0.1, -0.05) is 25.4 Å². The summed E-state index contributed by atoms with van der Waals surface area (Å²) in [7, 11) is 0. The average molecular weight is 262 g/mol. The molecule has 0 saturated carbocycles. The van der Waals surface area contributed by atoms with E-state index < -0.39 is 11.7 Å². The first-order valence-electron chi connectivity index (χ1n) is 5.03. The van der Waals surface area contributed by atoms with Gasteiger partial charge in [-0.15, -0.1) is 0 Å². The number of hydrogen-bond acceptors (Lipinski definition) is 1. The van der Waals surface area contributed by atoms with E-state index in [4.69, 9.17) is 16.9 Å². The minimum absolute atomic E-state index is 0.0202. The van der Waals surface area contributed by atoms with Crippen LogP contribution in [0.2, 0.25) is 5.02 Å². The van der Waals surface area contributed by atoms with Crippen LogP contribution >= 0.6 is 11.6 Å². The molecule has 92 valence electrons. The molecule has 0 fully saturated rings. The van der Waals surface area contributed by atoms with Crippen LogP contribution < -0.4 is 0 Å². The summed E-state index contributed by atoms with van der Waals surface area (Å²) in [5.74, 6) is -0.0202. The Labute approximate surface area is 103 Å². The zero-order chi connectivity index (χ0) is 13.2. The Kier molecular flexibility index (Phi) is 4.05. The van der Waals surface area contributed by atoms with E-state index >= 15 is 0 Å². The number of benzene rings is 1. The van der Waals surface area contributed by atoms with Gasteiger partial charge in [0.05, 0.1) is 18.1 Å². The molecule has 1 rings (SSSR count). The second-order valence-electron chi connectivity index (χ2n) is 4.02. The molecule has 0 aliphatic heterocycles. The van der Waals surface area contributed by atoms with Gasteiger partial charge in [0.1, 0.15) is 0 Å². The Morgan fingerprint density at radius 3 is 2.35 bits per heavy atom. The first kappa shape index (κ1) is 13.9. The van der Waals surface area contributed by atoms with Crippen molar-refractivity contribution in [2.75, 3.05) is 0 Å². The molecule has 5 heteroatoms. The van der Waals surface area contributed by atoms with Crippen LogP contribution in [0, 0.1) is 11.3 Å². The van der Waals surface area contributed by atoms with Crippen LogP contribution in [-0.4, -0.2) is 0 Å². The molecule has 0 bridgehead atoms. The smallest absolute Gasteiger partial charge is 0.198 e. The normalized spacial score (nSPS) is 11.6. The van der Waals surface area contributed by atoms with Crippen molar-refractivity contribution >= 4 is 11.6 Å². The Hall–Kier alpha value is -1.21. The van der Waals surface area contributed by atoms with E-state index in [0.29, 0.717) is 11.1 Å². The maximum absolute atomic E-state index is 12.6. The van der Waals surface area contributed by atoms with Crippen molar-refractivity contribution in [3.05, 3.63) is 33.8 Å². The monoisotopic (exact) mass is 261 g/mol. The lowest BCUT2D eigenvalue weighted by atomic mass is 9.93. The third kappa shape index (κ3) is 3.13. The first-order chi connectivity index (χ1) is 7.77. The first-order valence-corrected chi connectivity index (χ1v) is 5.41. The van der Waals surface area contributed by atoms with E-state index in [1.807, 2.05) is 19.9 Å². The van der Waals surface area contributed by atoms with E-state index in [-0.39, 0.29) is 17.4 Å². The van der Waals surface area contributed by atoms with E-state index in [1.165, 1.54) is 0 Å². The van der Waals surface area contributed by atoms with Crippen LogP contribution in [0.25, 0.3) is 0 Å². The second-order valence-corrected chi connectivity index (χ2v) is 4.43. The predicted molar refractivity (Wildman–Crippen MR) is 59.9 cm³/mol. The van der Waals surface area contributed by atoms with Crippen LogP contribution in [0.15, 0.2) is 12.1 Å². The molecular formula is C12H11ClF3N. The van der Waals surface area contributed by atoms with Crippen LogP contribution in [-0.2, 0) is 12.6 Å². The van der Waals surface area contributed by atoms with Crippen molar-refractivity contribution in [3.63, 3.8) is 0 Å². The topological polar surface area (TPSA) is 23.8 Å². The van der Waals surface area contributed by atoms with Gasteiger partial charge in [-0.2, -0.15) is 18.4 Å². The maximum atomic E-state index is 12.6. The summed E-state index contributed by atoms with van der Waals surface area (Å²) < 4.78 is 37.7. The molecule has 0 N–H and O–H groups in total. The quantitative estimate of drug-likeness (QED) is 0.766. The number of nitriles is 1. The third-order valence-electron chi connectivity index (χ3n) is 2.39. The SMILES string of the molecule is CC(C)c1c(Cl)cc(C(F)(F)F)cc1CC#N. The van der Waals surface area contributed by atoms with Gasteiger partial charge in [-0.3, -0.25) is 0 Å². The van der Waals surface area contributed by atoms with E-state index in [0.717, 1.165) is 12.1 Å². The highest BCUT2D eigenvalue weighted by atomic mass is 35.5. The van der Waals surface area contributed by atoms with Gasteiger partial charge in [0, 0.05) is 5.02 Å². The molecule has 0 unspecified atom stereocenters. The summed E-state index contributed by atoms with van der Waals surface area (Å²) in [6, 6.07) is 3.78. The maximum Gasteiger partial charge on any atom is 0.416 e. The molecule has 0 aliphatic carbocycles. The average Bonchev–Trinajstić information content (AvgIpc) is 2.15. The zero-order valence-corrected chi connectivity index (χ0v) is 10.2. The molecule has 0 atom stereocenters. The number of nitrogens with zero attached hydrogens (tertiary/aromatic N) is 1. The van der Waals surface area contributed by atoms with Gasteiger partial charge in [0.25, 0.3) is 0 Å². The molecule has 0 aliphatic rings. The van der Waals surface area contributed by atoms with Crippen LogP contribution in [0.1, 0.15) is 36.5 Å². The van der Waals surface area contributed by atoms with Crippen molar-refractivity contribution < 1.29 is 13.2 Å². The lowest BCUT2D eigenvalue weighted by molar-refractivity contribution is -0.137. The number of hydrogen-bond donors (Lipinski definition) is 0. The standard InChI is InChI=1S/C12H11ClF3N/c1-7(2)11-8(3-4-17)5-9(6-10(11)13)12(14,15)16/h5-7H,3H2,1-2H3. The van der Waals surface area contributed by atoms with E-state index in [1.54, 1.807) is 0 Å². The molecule has 1 aromatic carbocycles. The largest absolute Gasteiger partial charge is 0.416 e. The van der Waals surface area contributed by atoms with Crippen LogP contribution in [0.5, 0.6) is 0 Å². The van der Waals surface area contributed by atoms with Gasteiger partial charge < -0.3 is 0 Å². The molecule has 0 radical (unpaired) electrons. The summed E-state index contributed by atoms with van der Waals surface area (Å²) in [4.78, 5) is 0. The Morgan fingerprint density at radius 1 is 1.35 bits per heavy atom. The highest BCUT2D eigenvalue weighted by molar-refractivity contribution is 6.31. The van der Waals surface area contributed by atoms with E-state index in [2.05, 4.69) is 0 Å². The molecule has 0 spiro atoms. The van der Waals surface area contributed by atoms with Crippen LogP contribution in [0.4, 0.5) is 13.2 Å². The summed E-state index contributed by atoms with van der Waals surface area (Å²) >= 11 is 5.86. The van der Waals surface area contributed by atoms with Crippen molar-refractivity contribution in [1.29, 1.82) is 5.26 Å². The number of halogens is 4. The molecule has 17 heavy (non-hydrogen) atoms. The van der Waals surface area contributed by atoms with Gasteiger partial charge in [0.15, 0.2) is 0 Å². The summed E-state index contributed by atoms with van der Waals surface area (Å²) in [6.45, 7) is 3.66. The van der Waals surface area contributed by atoms with Crippen LogP contribution in [0.3, 0.4) is 0 Å². The lowest BCUT2D eigenvalue weighted by Crippen LogP contribution is -2.08. The Morgan fingerprint density at radius 2 is 1.94 bits per heavy atom. The number of rotatable bonds is 2. The minimum Gasteiger partial charge on any atom is -0.198 e. The third-order valence-corrected chi connectivity index (χ3v) is 2.70. The second kappa shape index (κ2) is 4.97. The van der Waals surface area contributed by atoms with Crippen molar-refractivity contribution in [3.8, 4) is 6.07 Å². The molecule has 0 amide bonds. The van der Waals surface area contributed by atoms with Gasteiger partial charge in [-0.05, 0) is 29.2 Å². The molecule has 0 saturated heterocycles. The van der Waals surface area contributed by atoms with Gasteiger partial charge >= 0.3 is 6.18 Å². The predicted octanol–water partition coefficient (Wildman–Crippen LogP) is 4.55. The van der Waals surface area contributed by atoms with Gasteiger partial charge in [0.2, 0.25) is 0 Å². The number of alkyl halides is 3. The van der Waals surface area contributed by atoms with Crippen molar-refractivity contribution in [2.24, 2.45) is 0 Å². The van der Waals surface area contributed by atoms with Gasteiger partial charge in [-0.25, -0.2) is 0 Å². The Bertz CT molecular complexity index is 458. The zero-order valence-electron chi connectivity index (χ0n) is 9.40. The highest BCUT2D eigenvalue weighted by Gasteiger charge is 2.32. The molecule has 0 heterocycles. The van der Waals surface area contributed by atoms with E-state index in [9.17, 15) is 13.2 Å².